The summed E-state index contributed by atoms with van der Waals surface area (Å²) in [5.41, 5.74) is 7.06. The Morgan fingerprint density at radius 3 is 2.21 bits per heavy atom. The summed E-state index contributed by atoms with van der Waals surface area (Å²) in [4.78, 5) is 4.89. The Bertz CT molecular complexity index is 1280. The molecule has 1 aromatic heterocycles. The first-order valence-corrected chi connectivity index (χ1v) is 12.5. The highest BCUT2D eigenvalue weighted by Gasteiger charge is 2.15. The minimum absolute atomic E-state index is 0.641. The van der Waals surface area contributed by atoms with Gasteiger partial charge < -0.3 is 4.74 Å². The second kappa shape index (κ2) is 11.5. The van der Waals surface area contributed by atoms with Gasteiger partial charge in [0.1, 0.15) is 16.8 Å². The highest BCUT2D eigenvalue weighted by Crippen LogP contribution is 2.34. The van der Waals surface area contributed by atoms with Crippen molar-refractivity contribution in [2.24, 2.45) is 0 Å². The van der Waals surface area contributed by atoms with Crippen LogP contribution in [0.3, 0.4) is 0 Å². The summed E-state index contributed by atoms with van der Waals surface area (Å²) in [7, 11) is 0. The predicted octanol–water partition coefficient (Wildman–Crippen LogP) is 7.86. The van der Waals surface area contributed by atoms with Gasteiger partial charge in [0, 0.05) is 11.1 Å². The van der Waals surface area contributed by atoms with Gasteiger partial charge in [0.25, 0.3) is 0 Å². The van der Waals surface area contributed by atoms with Crippen molar-refractivity contribution >= 4 is 11.8 Å². The van der Waals surface area contributed by atoms with Gasteiger partial charge in [0.15, 0.2) is 0 Å². The van der Waals surface area contributed by atoms with E-state index < -0.39 is 0 Å². The average Bonchev–Trinajstić information content (AvgIpc) is 2.88. The monoisotopic (exact) mass is 464 g/mol. The Hall–Kier alpha value is -3.55. The van der Waals surface area contributed by atoms with E-state index in [0.29, 0.717) is 12.2 Å². The molecule has 0 aliphatic heterocycles. The van der Waals surface area contributed by atoms with E-state index in [4.69, 9.17) is 9.72 Å². The molecule has 0 saturated carbocycles. The van der Waals surface area contributed by atoms with E-state index in [9.17, 15) is 5.26 Å². The van der Waals surface area contributed by atoms with Crippen LogP contribution in [-0.2, 0) is 0 Å². The van der Waals surface area contributed by atoms with Crippen molar-refractivity contribution < 1.29 is 4.74 Å². The number of hydrogen-bond donors (Lipinski definition) is 0. The number of aromatic nitrogens is 1. The first-order chi connectivity index (χ1) is 16.7. The Morgan fingerprint density at radius 2 is 1.53 bits per heavy atom. The lowest BCUT2D eigenvalue weighted by Gasteiger charge is -2.13. The minimum Gasteiger partial charge on any atom is -0.494 e. The van der Waals surface area contributed by atoms with Crippen LogP contribution in [-0.4, -0.2) is 17.3 Å². The number of rotatable bonds is 9. The molecular weight excluding hydrogens is 436 g/mol. The molecule has 0 unspecified atom stereocenters. The molecular formula is C30H28N2OS. The third-order valence-corrected chi connectivity index (χ3v) is 6.84. The molecule has 0 fully saturated rings. The lowest BCUT2D eigenvalue weighted by molar-refractivity contribution is 0.309. The summed E-state index contributed by atoms with van der Waals surface area (Å²) in [6, 6.07) is 30.9. The Labute approximate surface area is 206 Å². The van der Waals surface area contributed by atoms with Crippen molar-refractivity contribution in [3.63, 3.8) is 0 Å². The zero-order valence-electron chi connectivity index (χ0n) is 19.6. The first-order valence-electron chi connectivity index (χ1n) is 11.5. The fraction of sp³-hybridized carbons (Fsp3) is 0.200. The summed E-state index contributed by atoms with van der Waals surface area (Å²) in [6.07, 6.45) is 1.93. The zero-order chi connectivity index (χ0) is 23.8. The molecule has 3 aromatic carbocycles. The highest BCUT2D eigenvalue weighted by molar-refractivity contribution is 7.99. The number of benzene rings is 3. The Morgan fingerprint density at radius 1 is 0.824 bits per heavy atom. The SMILES string of the molecule is Cc1ccc(OCCCCSc2nc(-c3ccccc3)cc(-c3ccccc3)c2C#N)cc1C. The van der Waals surface area contributed by atoms with Crippen LogP contribution in [0.1, 0.15) is 29.5 Å². The smallest absolute Gasteiger partial charge is 0.119 e. The van der Waals surface area contributed by atoms with Crippen LogP contribution in [0.4, 0.5) is 0 Å². The van der Waals surface area contributed by atoms with E-state index in [0.717, 1.165) is 51.8 Å². The van der Waals surface area contributed by atoms with Crippen LogP contribution in [0.2, 0.25) is 0 Å². The molecule has 0 amide bonds. The fourth-order valence-corrected chi connectivity index (χ4v) is 4.71. The lowest BCUT2D eigenvalue weighted by Crippen LogP contribution is -2.00. The second-order valence-corrected chi connectivity index (χ2v) is 9.31. The molecule has 170 valence electrons. The van der Waals surface area contributed by atoms with Crippen LogP contribution in [0, 0.1) is 25.2 Å². The fourth-order valence-electron chi connectivity index (χ4n) is 3.70. The molecule has 0 bridgehead atoms. The normalized spacial score (nSPS) is 10.6. The summed E-state index contributed by atoms with van der Waals surface area (Å²) in [5, 5.41) is 10.8. The summed E-state index contributed by atoms with van der Waals surface area (Å²) < 4.78 is 5.92. The van der Waals surface area contributed by atoms with Gasteiger partial charge in [-0.3, -0.25) is 0 Å². The number of thioether (sulfide) groups is 1. The number of hydrogen-bond acceptors (Lipinski definition) is 4. The molecule has 3 nitrogen and oxygen atoms in total. The van der Waals surface area contributed by atoms with Gasteiger partial charge in [-0.05, 0) is 67.3 Å². The molecule has 0 atom stereocenters. The van der Waals surface area contributed by atoms with Crippen molar-refractivity contribution in [1.82, 2.24) is 4.98 Å². The third-order valence-electron chi connectivity index (χ3n) is 5.78. The molecule has 0 aliphatic rings. The standard InChI is InChI=1S/C30H28N2OS/c1-22-15-16-26(19-23(22)2)33-17-9-10-18-34-30-28(21-31)27(24-11-5-3-6-12-24)20-29(32-30)25-13-7-4-8-14-25/h3-8,11-16,19-20H,9-10,17-18H2,1-2H3. The topological polar surface area (TPSA) is 45.9 Å². The van der Waals surface area contributed by atoms with Crippen molar-refractivity contribution in [1.29, 1.82) is 5.26 Å². The molecule has 1 heterocycles. The summed E-state index contributed by atoms with van der Waals surface area (Å²) >= 11 is 1.65. The number of nitriles is 1. The lowest BCUT2D eigenvalue weighted by atomic mass is 9.99. The highest BCUT2D eigenvalue weighted by atomic mass is 32.2. The molecule has 4 aromatic rings. The van der Waals surface area contributed by atoms with Crippen LogP contribution >= 0.6 is 11.8 Å². The molecule has 4 rings (SSSR count). The van der Waals surface area contributed by atoms with Crippen molar-refractivity contribution in [3.05, 3.63) is 102 Å². The summed E-state index contributed by atoms with van der Waals surface area (Å²) in [5.74, 6) is 1.80. The van der Waals surface area contributed by atoms with Gasteiger partial charge in [0.05, 0.1) is 17.9 Å². The van der Waals surface area contributed by atoms with Gasteiger partial charge >= 0.3 is 0 Å². The molecule has 0 saturated heterocycles. The molecule has 0 spiro atoms. The van der Waals surface area contributed by atoms with Crippen molar-refractivity contribution in [2.75, 3.05) is 12.4 Å². The largest absolute Gasteiger partial charge is 0.494 e. The first kappa shape index (κ1) is 23.6. The van der Waals surface area contributed by atoms with E-state index in [1.807, 2.05) is 60.7 Å². The Kier molecular flexibility index (Phi) is 8.01. The van der Waals surface area contributed by atoms with E-state index in [1.165, 1.54) is 11.1 Å². The number of nitrogens with zero attached hydrogens (tertiary/aromatic N) is 2. The van der Waals surface area contributed by atoms with E-state index in [-0.39, 0.29) is 0 Å². The van der Waals surface area contributed by atoms with Gasteiger partial charge in [-0.15, -0.1) is 11.8 Å². The van der Waals surface area contributed by atoms with E-state index in [2.05, 4.69) is 44.2 Å². The van der Waals surface area contributed by atoms with Gasteiger partial charge in [-0.2, -0.15) is 5.26 Å². The predicted molar refractivity (Wildman–Crippen MR) is 141 cm³/mol. The minimum atomic E-state index is 0.641. The molecule has 4 heteroatoms. The zero-order valence-corrected chi connectivity index (χ0v) is 20.4. The van der Waals surface area contributed by atoms with Gasteiger partial charge in [0.2, 0.25) is 0 Å². The third kappa shape index (κ3) is 5.87. The Balaban J connectivity index is 1.47. The van der Waals surface area contributed by atoms with Gasteiger partial charge in [-0.1, -0.05) is 66.7 Å². The molecule has 0 aliphatic carbocycles. The maximum Gasteiger partial charge on any atom is 0.119 e. The quantitative estimate of drug-likeness (QED) is 0.187. The number of pyridine rings is 1. The van der Waals surface area contributed by atoms with E-state index >= 15 is 0 Å². The number of ether oxygens (including phenoxy) is 1. The van der Waals surface area contributed by atoms with Gasteiger partial charge in [-0.25, -0.2) is 4.98 Å². The number of aryl methyl sites for hydroxylation is 2. The molecule has 0 N–H and O–H groups in total. The average molecular weight is 465 g/mol. The summed E-state index contributed by atoms with van der Waals surface area (Å²) in [6.45, 7) is 4.89. The van der Waals surface area contributed by atoms with Crippen molar-refractivity contribution in [3.8, 4) is 34.2 Å². The molecule has 34 heavy (non-hydrogen) atoms. The van der Waals surface area contributed by atoms with Crippen LogP contribution in [0.15, 0.2) is 90.0 Å². The van der Waals surface area contributed by atoms with Crippen LogP contribution < -0.4 is 4.74 Å². The maximum atomic E-state index is 10.0. The second-order valence-electron chi connectivity index (χ2n) is 8.23. The van der Waals surface area contributed by atoms with Crippen LogP contribution in [0.25, 0.3) is 22.4 Å². The number of unbranched alkanes of at least 4 members (excludes halogenated alkanes) is 1. The maximum absolute atomic E-state index is 10.0. The van der Waals surface area contributed by atoms with E-state index in [1.54, 1.807) is 11.8 Å². The van der Waals surface area contributed by atoms with Crippen LogP contribution in [0.5, 0.6) is 5.75 Å². The molecule has 0 radical (unpaired) electrons. The van der Waals surface area contributed by atoms with Crippen molar-refractivity contribution in [2.45, 2.75) is 31.7 Å².